The molecule has 4 rings (SSSR count). The highest BCUT2D eigenvalue weighted by molar-refractivity contribution is 6.30. The first-order valence-corrected chi connectivity index (χ1v) is 11.0. The van der Waals surface area contributed by atoms with Gasteiger partial charge < -0.3 is 19.2 Å². The number of anilines is 1. The highest BCUT2D eigenvalue weighted by Crippen LogP contribution is 2.32. The molecule has 1 N–H and O–H groups in total. The van der Waals surface area contributed by atoms with Crippen LogP contribution in [-0.4, -0.2) is 10.8 Å². The molecule has 0 unspecified atom stereocenters. The fourth-order valence-corrected chi connectivity index (χ4v) is 3.35. The Morgan fingerprint density at radius 1 is 1.00 bits per heavy atom. The Morgan fingerprint density at radius 2 is 1.77 bits per heavy atom. The van der Waals surface area contributed by atoms with Gasteiger partial charge in [-0.05, 0) is 67.4 Å². The molecule has 3 aromatic carbocycles. The molecule has 0 fully saturated rings. The molecule has 0 aliphatic heterocycles. The van der Waals surface area contributed by atoms with E-state index in [1.165, 1.54) is 24.3 Å². The number of benzene rings is 3. The number of rotatable bonds is 8. The molecule has 178 valence electrons. The lowest BCUT2D eigenvalue weighted by Crippen LogP contribution is -2.11. The van der Waals surface area contributed by atoms with E-state index >= 15 is 0 Å². The first-order chi connectivity index (χ1) is 16.8. The number of ether oxygens (including phenoxy) is 2. The zero-order chi connectivity index (χ0) is 24.9. The molecule has 1 amide bonds. The topological polar surface area (TPSA) is 104 Å². The molecule has 0 radical (unpaired) electrons. The number of amides is 1. The predicted octanol–water partition coefficient (Wildman–Crippen LogP) is 7.08. The van der Waals surface area contributed by atoms with Crippen LogP contribution >= 0.6 is 11.6 Å². The number of halogens is 1. The quantitative estimate of drug-likeness (QED) is 0.208. The standard InChI is InChI=1S/C26H21ClN2O6/c1-16-3-4-17(2)25(11-16)35-23-13-19(12-20(14-23)29(31)32)28-26(30)24-10-9-22(34-24)15-33-21-7-5-18(27)6-8-21/h3-14H,15H2,1-2H3,(H,28,30). The lowest BCUT2D eigenvalue weighted by molar-refractivity contribution is -0.384. The van der Waals surface area contributed by atoms with Crippen LogP contribution in [0.15, 0.2) is 77.2 Å². The van der Waals surface area contributed by atoms with Gasteiger partial charge in [-0.25, -0.2) is 0 Å². The average molecular weight is 493 g/mol. The van der Waals surface area contributed by atoms with Gasteiger partial charge in [0.05, 0.1) is 16.7 Å². The summed E-state index contributed by atoms with van der Waals surface area (Å²) in [7, 11) is 0. The molecule has 1 heterocycles. The number of hydrogen-bond acceptors (Lipinski definition) is 6. The van der Waals surface area contributed by atoms with Gasteiger partial charge in [-0.1, -0.05) is 23.7 Å². The fourth-order valence-electron chi connectivity index (χ4n) is 3.22. The molecule has 8 nitrogen and oxygen atoms in total. The number of hydrogen-bond donors (Lipinski definition) is 1. The third kappa shape index (κ3) is 6.18. The van der Waals surface area contributed by atoms with E-state index in [0.29, 0.717) is 22.3 Å². The van der Waals surface area contributed by atoms with E-state index in [0.717, 1.165) is 11.1 Å². The monoisotopic (exact) mass is 492 g/mol. The van der Waals surface area contributed by atoms with Crippen LogP contribution in [0.25, 0.3) is 0 Å². The number of carbonyl (C=O) groups excluding carboxylic acids is 1. The van der Waals surface area contributed by atoms with E-state index in [-0.39, 0.29) is 29.5 Å². The molecule has 0 aliphatic carbocycles. The van der Waals surface area contributed by atoms with Crippen molar-refractivity contribution in [3.05, 3.63) is 111 Å². The van der Waals surface area contributed by atoms with E-state index in [2.05, 4.69) is 5.32 Å². The SMILES string of the molecule is Cc1ccc(C)c(Oc2cc(NC(=O)c3ccc(COc4ccc(Cl)cc4)o3)cc([N+](=O)[O-])c2)c1. The van der Waals surface area contributed by atoms with Crippen LogP contribution in [0.5, 0.6) is 17.2 Å². The second-order valence-electron chi connectivity index (χ2n) is 7.81. The Hall–Kier alpha value is -4.30. The third-order valence-corrected chi connectivity index (χ3v) is 5.26. The number of nitro groups is 1. The zero-order valence-corrected chi connectivity index (χ0v) is 19.7. The van der Waals surface area contributed by atoms with Crippen LogP contribution in [0.4, 0.5) is 11.4 Å². The van der Waals surface area contributed by atoms with E-state index in [1.54, 1.807) is 30.3 Å². The maximum atomic E-state index is 12.7. The van der Waals surface area contributed by atoms with Gasteiger partial charge in [0.15, 0.2) is 5.76 Å². The van der Waals surface area contributed by atoms with Crippen molar-refractivity contribution >= 4 is 28.9 Å². The molecule has 1 aromatic heterocycles. The van der Waals surface area contributed by atoms with Crippen LogP contribution in [0.3, 0.4) is 0 Å². The van der Waals surface area contributed by atoms with Gasteiger partial charge in [-0.2, -0.15) is 0 Å². The van der Waals surface area contributed by atoms with Gasteiger partial charge in [0, 0.05) is 17.2 Å². The molecule has 0 spiro atoms. The van der Waals surface area contributed by atoms with Crippen molar-refractivity contribution in [1.82, 2.24) is 0 Å². The van der Waals surface area contributed by atoms with Gasteiger partial charge in [0.2, 0.25) is 0 Å². The summed E-state index contributed by atoms with van der Waals surface area (Å²) in [4.78, 5) is 23.6. The Balaban J connectivity index is 1.48. The van der Waals surface area contributed by atoms with Crippen LogP contribution in [0.2, 0.25) is 5.02 Å². The van der Waals surface area contributed by atoms with Crippen LogP contribution < -0.4 is 14.8 Å². The second-order valence-corrected chi connectivity index (χ2v) is 8.24. The van der Waals surface area contributed by atoms with Crippen LogP contribution in [-0.2, 0) is 6.61 Å². The summed E-state index contributed by atoms with van der Waals surface area (Å²) in [6.45, 7) is 3.91. The summed E-state index contributed by atoms with van der Waals surface area (Å²) in [5.41, 5.74) is 1.83. The summed E-state index contributed by atoms with van der Waals surface area (Å²) in [6, 6.07) is 19.7. The average Bonchev–Trinajstić information content (AvgIpc) is 3.30. The number of aryl methyl sites for hydroxylation is 2. The van der Waals surface area contributed by atoms with Crippen molar-refractivity contribution in [3.8, 4) is 17.2 Å². The van der Waals surface area contributed by atoms with Gasteiger partial charge in [0.25, 0.3) is 11.6 Å². The number of furan rings is 1. The second kappa shape index (κ2) is 10.3. The van der Waals surface area contributed by atoms with Crippen molar-refractivity contribution in [2.24, 2.45) is 0 Å². The summed E-state index contributed by atoms with van der Waals surface area (Å²) in [6.07, 6.45) is 0. The van der Waals surface area contributed by atoms with E-state index in [4.69, 9.17) is 25.5 Å². The van der Waals surface area contributed by atoms with Crippen molar-refractivity contribution in [3.63, 3.8) is 0 Å². The summed E-state index contributed by atoms with van der Waals surface area (Å²) < 4.78 is 17.1. The van der Waals surface area contributed by atoms with Crippen molar-refractivity contribution in [2.75, 3.05) is 5.32 Å². The highest BCUT2D eigenvalue weighted by Gasteiger charge is 2.17. The van der Waals surface area contributed by atoms with Gasteiger partial charge in [-0.3, -0.25) is 14.9 Å². The molecule has 0 bridgehead atoms. The lowest BCUT2D eigenvalue weighted by atomic mass is 10.1. The first kappa shape index (κ1) is 23.8. The van der Waals surface area contributed by atoms with Gasteiger partial charge in [0.1, 0.15) is 29.6 Å². The molecule has 4 aromatic rings. The highest BCUT2D eigenvalue weighted by atomic mass is 35.5. The Morgan fingerprint density at radius 3 is 2.51 bits per heavy atom. The largest absolute Gasteiger partial charge is 0.486 e. The molecular weight excluding hydrogens is 472 g/mol. The number of nitrogens with zero attached hydrogens (tertiary/aromatic N) is 1. The minimum atomic E-state index is -0.569. The Bertz CT molecular complexity index is 1380. The number of nitro benzene ring substituents is 1. The van der Waals surface area contributed by atoms with Crippen LogP contribution in [0.1, 0.15) is 27.4 Å². The van der Waals surface area contributed by atoms with Crippen molar-refractivity contribution in [1.29, 1.82) is 0 Å². The lowest BCUT2D eigenvalue weighted by Gasteiger charge is -2.11. The van der Waals surface area contributed by atoms with E-state index < -0.39 is 10.8 Å². The fraction of sp³-hybridized carbons (Fsp3) is 0.115. The maximum Gasteiger partial charge on any atom is 0.291 e. The maximum absolute atomic E-state index is 12.7. The molecule has 9 heteroatoms. The normalized spacial score (nSPS) is 10.6. The summed E-state index contributed by atoms with van der Waals surface area (Å²) in [5.74, 6) is 1.29. The molecule has 35 heavy (non-hydrogen) atoms. The molecule has 0 saturated heterocycles. The molecule has 0 saturated carbocycles. The molecule has 0 aliphatic rings. The van der Waals surface area contributed by atoms with Gasteiger partial charge in [-0.15, -0.1) is 0 Å². The Kier molecular flexibility index (Phi) is 7.03. The molecule has 0 atom stereocenters. The first-order valence-electron chi connectivity index (χ1n) is 10.6. The van der Waals surface area contributed by atoms with E-state index in [1.807, 2.05) is 32.0 Å². The third-order valence-electron chi connectivity index (χ3n) is 5.01. The summed E-state index contributed by atoms with van der Waals surface area (Å²) >= 11 is 5.86. The number of non-ortho nitro benzene ring substituents is 1. The predicted molar refractivity (Wildman–Crippen MR) is 132 cm³/mol. The number of nitrogens with one attached hydrogen (secondary N) is 1. The Labute approximate surface area is 206 Å². The van der Waals surface area contributed by atoms with Crippen LogP contribution in [0, 0.1) is 24.0 Å². The minimum absolute atomic E-state index is 0.0307. The number of carbonyl (C=O) groups is 1. The van der Waals surface area contributed by atoms with Crippen molar-refractivity contribution in [2.45, 2.75) is 20.5 Å². The molecular formula is C26H21ClN2O6. The van der Waals surface area contributed by atoms with E-state index in [9.17, 15) is 14.9 Å². The smallest absolute Gasteiger partial charge is 0.291 e. The zero-order valence-electron chi connectivity index (χ0n) is 18.9. The summed E-state index contributed by atoms with van der Waals surface area (Å²) in [5, 5.41) is 14.7. The minimum Gasteiger partial charge on any atom is -0.486 e. The van der Waals surface area contributed by atoms with Crippen molar-refractivity contribution < 1.29 is 23.6 Å². The van der Waals surface area contributed by atoms with Gasteiger partial charge >= 0.3 is 0 Å².